The molecule has 0 fully saturated rings. The molecular formula is C24H50N2O2Si2. The average Bonchev–Trinajstić information content (AvgIpc) is 2.64. The maximum absolute atomic E-state index is 7.38. The molecule has 0 bridgehead atoms. The zero-order valence-corrected chi connectivity index (χ0v) is 22.7. The Morgan fingerprint density at radius 2 is 1.40 bits per heavy atom. The van der Waals surface area contributed by atoms with E-state index in [0.29, 0.717) is 22.2 Å². The number of allylic oxidation sites excluding steroid dienone is 2. The first-order valence-corrected chi connectivity index (χ1v) is 13.7. The van der Waals surface area contributed by atoms with Gasteiger partial charge in [-0.15, -0.1) is 0 Å². The third kappa shape index (κ3) is 29.9. The molecule has 4 nitrogen and oxygen atoms in total. The van der Waals surface area contributed by atoms with Crippen molar-refractivity contribution in [2.75, 3.05) is 0 Å². The Morgan fingerprint density at radius 1 is 1.03 bits per heavy atom. The van der Waals surface area contributed by atoms with Gasteiger partial charge < -0.3 is 9.63 Å². The largest absolute Gasteiger partial charge is 0.532 e. The Balaban J connectivity index is -0.0000000327. The Hall–Kier alpha value is -2.90. The van der Waals surface area contributed by atoms with Gasteiger partial charge in [-0.05, 0) is 106 Å². The number of nitrogens with one attached hydrogen (secondary N) is 1. The second-order valence-electron chi connectivity index (χ2n) is 6.53. The van der Waals surface area contributed by atoms with Crippen molar-refractivity contribution in [1.29, 1.82) is 0 Å². The predicted molar refractivity (Wildman–Crippen MR) is 153 cm³/mol. The fourth-order valence-electron chi connectivity index (χ4n) is 1.40. The van der Waals surface area contributed by atoms with Gasteiger partial charge in [-0.25, -0.2) is 10.1 Å². The second-order valence-corrected chi connectivity index (χ2v) is 11.4. The summed E-state index contributed by atoms with van der Waals surface area (Å²) in [6.45, 7) is 19.9. The first kappa shape index (κ1) is 31.8. The Labute approximate surface area is 200 Å². The summed E-state index contributed by atoms with van der Waals surface area (Å²) in [5.74, 6) is 26.6. The molecule has 176 valence electrons. The first-order valence-electron chi connectivity index (χ1n) is 9.32. The summed E-state index contributed by atoms with van der Waals surface area (Å²) in [6, 6.07) is 0. The highest BCUT2D eigenvalue weighted by molar-refractivity contribution is 6.70. The zero-order valence-electron chi connectivity index (χ0n) is 19.7. The van der Waals surface area contributed by atoms with E-state index in [0.717, 1.165) is 0 Å². The van der Waals surface area contributed by atoms with E-state index in [1.54, 1.807) is 13.8 Å². The molecule has 0 unspecified atom stereocenters. The van der Waals surface area contributed by atoms with Crippen LogP contribution in [0, 0.1) is 65.1 Å². The maximum Gasteiger partial charge on any atom is 0.244 e. The lowest BCUT2D eigenvalue weighted by molar-refractivity contribution is 0.250. The Morgan fingerprint density at radius 3 is 1.67 bits per heavy atom. The molecule has 0 saturated heterocycles. The van der Waals surface area contributed by atoms with Crippen LogP contribution in [-0.4, -0.2) is 30.1 Å². The number of hydrogen-bond acceptors (Lipinski definition) is 4. The van der Waals surface area contributed by atoms with E-state index in [-0.39, 0.29) is 11.4 Å². The molecule has 0 aromatic rings. The van der Waals surface area contributed by atoms with Gasteiger partial charge in [-0.3, -0.25) is 0 Å². The summed E-state index contributed by atoms with van der Waals surface area (Å²) in [5, 5.41) is 9.27. The van der Waals surface area contributed by atoms with Gasteiger partial charge in [0.15, 0.2) is 5.88 Å². The van der Waals surface area contributed by atoms with Gasteiger partial charge in [-0.1, -0.05) is 31.8 Å². The van der Waals surface area contributed by atoms with E-state index in [4.69, 9.17) is 9.63 Å². The summed E-state index contributed by atoms with van der Waals surface area (Å²) in [7, 11) is -0.888. The average molecular weight is 455 g/mol. The van der Waals surface area contributed by atoms with Crippen LogP contribution in [0.25, 0.3) is 0 Å². The van der Waals surface area contributed by atoms with Crippen molar-refractivity contribution >= 4 is 24.9 Å². The van der Waals surface area contributed by atoms with E-state index < -0.39 is 8.32 Å². The quantitative estimate of drug-likeness (QED) is 0.196. The van der Waals surface area contributed by atoms with Crippen LogP contribution in [0.4, 0.5) is 0 Å². The topological polar surface area (TPSA) is 53.9 Å². The van der Waals surface area contributed by atoms with Crippen LogP contribution in [0.3, 0.4) is 0 Å². The summed E-state index contributed by atoms with van der Waals surface area (Å²) in [5.41, 5.74) is 1.20. The molecule has 6 heteroatoms. The lowest BCUT2D eigenvalue weighted by Gasteiger charge is -2.18. The Kier molecular flexibility index (Phi) is 23.7. The minimum Gasteiger partial charge on any atom is -0.532 e. The van der Waals surface area contributed by atoms with Crippen molar-refractivity contribution in [1.82, 2.24) is 5.15 Å². The molecule has 0 heterocycles. The fourth-order valence-corrected chi connectivity index (χ4v) is 2.16. The molecular weight excluding hydrogens is 404 g/mol. The van der Waals surface area contributed by atoms with E-state index in [2.05, 4.69) is 110 Å². The summed E-state index contributed by atoms with van der Waals surface area (Å²) < 4.78 is 5.63. The highest BCUT2D eigenvalue weighted by Gasteiger charge is 2.16. The van der Waals surface area contributed by atoms with E-state index in [1.165, 1.54) is 5.57 Å². The number of nitrogens with zero attached hydrogens (tertiary/aromatic N) is 1. The molecule has 30 heavy (non-hydrogen) atoms. The van der Waals surface area contributed by atoms with Gasteiger partial charge in [0.2, 0.25) is 8.32 Å². The molecule has 0 aromatic heterocycles. The summed E-state index contributed by atoms with van der Waals surface area (Å²) in [6.07, 6.45) is 3.91. The number of hydrogen-bond donors (Lipinski definition) is 2. The molecule has 0 spiro atoms. The van der Waals surface area contributed by atoms with Gasteiger partial charge in [0.25, 0.3) is 0 Å². The lowest BCUT2D eigenvalue weighted by Crippen LogP contribution is -2.24. The molecule has 0 radical (unpaired) electrons. The second kappa shape index (κ2) is 22.4. The van der Waals surface area contributed by atoms with Crippen LogP contribution < -0.4 is 5.15 Å². The number of aliphatic imine (C=N–C) groups is 1. The van der Waals surface area contributed by atoms with Gasteiger partial charge in [0.1, 0.15) is 10.4 Å². The van der Waals surface area contributed by atoms with E-state index >= 15 is 0 Å². The molecule has 0 amide bonds. The van der Waals surface area contributed by atoms with Crippen LogP contribution in [0.15, 0.2) is 29.1 Å². The van der Waals surface area contributed by atoms with Crippen LogP contribution >= 0.6 is 0 Å². The van der Waals surface area contributed by atoms with Crippen molar-refractivity contribution in [3.05, 3.63) is 24.1 Å². The minimum absolute atomic E-state index is 0. The minimum atomic E-state index is -1.56. The van der Waals surface area contributed by atoms with Crippen molar-refractivity contribution in [2.45, 2.75) is 54.3 Å². The van der Waals surface area contributed by atoms with Gasteiger partial charge in [-0.2, -0.15) is 0 Å². The van der Waals surface area contributed by atoms with Crippen molar-refractivity contribution in [3.8, 4) is 59.2 Å². The fraction of sp³-hybridized carbons (Fsp3) is 0.375. The summed E-state index contributed by atoms with van der Waals surface area (Å²) >= 11 is 0. The van der Waals surface area contributed by atoms with E-state index in [1.807, 2.05) is 18.3 Å². The highest BCUT2D eigenvalue weighted by Crippen LogP contribution is 2.11. The van der Waals surface area contributed by atoms with Gasteiger partial charge in [0.05, 0.1) is 0 Å². The van der Waals surface area contributed by atoms with Crippen LogP contribution in [0.5, 0.6) is 0 Å². The molecule has 0 rings (SSSR count). The molecule has 0 atom stereocenters. The van der Waals surface area contributed by atoms with Crippen molar-refractivity contribution < 1.29 is 21.0 Å². The smallest absolute Gasteiger partial charge is 0.244 e. The van der Waals surface area contributed by atoms with E-state index in [9.17, 15) is 0 Å². The molecule has 0 aliphatic carbocycles. The predicted octanol–water partition coefficient (Wildman–Crippen LogP) is 5.24. The summed E-state index contributed by atoms with van der Waals surface area (Å²) in [4.78, 5) is 4.23. The first-order chi connectivity index (χ1) is 14.1. The monoisotopic (exact) mass is 454 g/mol. The van der Waals surface area contributed by atoms with Crippen LogP contribution in [-0.2, 0) is 4.43 Å². The third-order valence-electron chi connectivity index (χ3n) is 2.47. The highest BCUT2D eigenvalue weighted by atomic mass is 28.4. The van der Waals surface area contributed by atoms with Crippen molar-refractivity contribution in [2.24, 2.45) is 10.9 Å². The standard InChI is InChI=1S/C12H23NOSi.C12H6.H5NOSi.8H2/c1-8-12(10(2)3)9-13-11(4)14-15(5,6)7;1-3-5-7-9-11-12-10-8-6-4-2;2-1-3;;;;;;;;/h8-10H,4H2,1-3,5-7H3;1-2H3;1-2H,3H3;8*1H/b12-8-,13-9?;;;;;;;;;;. The van der Waals surface area contributed by atoms with Gasteiger partial charge >= 0.3 is 0 Å². The molecule has 0 aromatic carbocycles. The lowest BCUT2D eigenvalue weighted by atomic mass is 10.1. The zero-order chi connectivity index (χ0) is 23.8. The third-order valence-corrected chi connectivity index (χ3v) is 3.32. The van der Waals surface area contributed by atoms with Crippen LogP contribution in [0.2, 0.25) is 19.6 Å². The molecule has 0 saturated carbocycles. The molecule has 0 aliphatic heterocycles. The van der Waals surface area contributed by atoms with Crippen LogP contribution in [0.1, 0.15) is 46.0 Å². The Bertz CT molecular complexity index is 855. The maximum atomic E-state index is 7.38. The SMILES string of the molecule is C=C(N=C/C(=C/C)C(C)C)O[Si](C)(C)C.CC#CC#CC#CC#CC#CC.ON[SiH3].[HH].[HH].[HH].[HH].[HH].[HH].[HH].[HH]. The van der Waals surface area contributed by atoms with Gasteiger partial charge in [0, 0.05) is 17.6 Å². The van der Waals surface area contributed by atoms with Crippen molar-refractivity contribution in [3.63, 3.8) is 0 Å². The normalized spacial score (nSPS) is 9.07. The number of rotatable bonds is 5. The molecule has 2 N–H and O–H groups in total. The molecule has 0 aliphatic rings.